The molecule has 24 heavy (non-hydrogen) atoms. The number of aryl methyl sites for hydroxylation is 1. The van der Waals surface area contributed by atoms with Crippen molar-refractivity contribution in [2.75, 3.05) is 13.2 Å². The molecular formula is C16H19N3O4S. The second kappa shape index (κ2) is 9.07. The van der Waals surface area contributed by atoms with E-state index in [9.17, 15) is 9.59 Å². The molecule has 0 aliphatic heterocycles. The number of hydrogen-bond donors (Lipinski definition) is 1. The number of nitrogens with zero attached hydrogens (tertiary/aromatic N) is 2. The Hall–Kier alpha value is -2.35. The third kappa shape index (κ3) is 5.38. The largest absolute Gasteiger partial charge is 0.452 e. The molecule has 0 aliphatic carbocycles. The summed E-state index contributed by atoms with van der Waals surface area (Å²) in [6.07, 6.45) is 0.828. The Morgan fingerprint density at radius 1 is 1.33 bits per heavy atom. The minimum Gasteiger partial charge on any atom is -0.452 e. The molecule has 0 aliphatic rings. The highest BCUT2D eigenvalue weighted by Crippen LogP contribution is 2.26. The summed E-state index contributed by atoms with van der Waals surface area (Å²) < 4.78 is 10.1. The van der Waals surface area contributed by atoms with Crippen LogP contribution in [0.1, 0.15) is 35.4 Å². The van der Waals surface area contributed by atoms with Crippen molar-refractivity contribution in [3.05, 3.63) is 41.5 Å². The summed E-state index contributed by atoms with van der Waals surface area (Å²) in [6, 6.07) is 7.04. The fourth-order valence-corrected chi connectivity index (χ4v) is 2.70. The molecule has 128 valence electrons. The molecule has 0 saturated carbocycles. The van der Waals surface area contributed by atoms with Gasteiger partial charge in [0.25, 0.3) is 5.91 Å². The lowest BCUT2D eigenvalue weighted by atomic mass is 10.2. The molecule has 0 fully saturated rings. The SMILES string of the molecule is CCCNC(=O)COC(=O)c1ccccc1SCc1nc(C)no1. The zero-order valence-electron chi connectivity index (χ0n) is 13.6. The third-order valence-corrected chi connectivity index (χ3v) is 3.99. The summed E-state index contributed by atoms with van der Waals surface area (Å²) in [4.78, 5) is 28.6. The molecule has 1 amide bonds. The summed E-state index contributed by atoms with van der Waals surface area (Å²) in [5.41, 5.74) is 0.405. The number of amides is 1. The highest BCUT2D eigenvalue weighted by atomic mass is 32.2. The average Bonchev–Trinajstić information content (AvgIpc) is 3.01. The number of esters is 1. The van der Waals surface area contributed by atoms with Gasteiger partial charge in [-0.1, -0.05) is 24.2 Å². The molecule has 2 aromatic rings. The number of thioether (sulfide) groups is 1. The highest BCUT2D eigenvalue weighted by Gasteiger charge is 2.15. The predicted octanol–water partition coefficient (Wildman–Crippen LogP) is 2.35. The summed E-state index contributed by atoms with van der Waals surface area (Å²) in [5.74, 6) is 0.654. The van der Waals surface area contributed by atoms with Crippen LogP contribution in [0.15, 0.2) is 33.7 Å². The predicted molar refractivity (Wildman–Crippen MR) is 88.6 cm³/mol. The fraction of sp³-hybridized carbons (Fsp3) is 0.375. The van der Waals surface area contributed by atoms with Gasteiger partial charge in [0.15, 0.2) is 12.4 Å². The van der Waals surface area contributed by atoms with Crippen LogP contribution in [0.3, 0.4) is 0 Å². The van der Waals surface area contributed by atoms with Gasteiger partial charge in [0.2, 0.25) is 5.89 Å². The summed E-state index contributed by atoms with van der Waals surface area (Å²) in [7, 11) is 0. The van der Waals surface area contributed by atoms with Crippen molar-refractivity contribution >= 4 is 23.6 Å². The van der Waals surface area contributed by atoms with Gasteiger partial charge in [0.05, 0.1) is 11.3 Å². The molecule has 0 bridgehead atoms. The zero-order chi connectivity index (χ0) is 17.4. The average molecular weight is 349 g/mol. The van der Waals surface area contributed by atoms with Crippen LogP contribution in [0.4, 0.5) is 0 Å². The van der Waals surface area contributed by atoms with Crippen LogP contribution in [0.5, 0.6) is 0 Å². The Morgan fingerprint density at radius 3 is 2.83 bits per heavy atom. The van der Waals surface area contributed by atoms with Gasteiger partial charge in [-0.2, -0.15) is 4.98 Å². The number of ether oxygens (including phenoxy) is 1. The Bertz CT molecular complexity index is 702. The first-order valence-electron chi connectivity index (χ1n) is 7.55. The van der Waals surface area contributed by atoms with Crippen molar-refractivity contribution in [2.45, 2.75) is 30.9 Å². The van der Waals surface area contributed by atoms with E-state index in [0.29, 0.717) is 29.6 Å². The fourth-order valence-electron chi connectivity index (χ4n) is 1.82. The van der Waals surface area contributed by atoms with Crippen LogP contribution < -0.4 is 5.32 Å². The zero-order valence-corrected chi connectivity index (χ0v) is 14.4. The summed E-state index contributed by atoms with van der Waals surface area (Å²) in [5, 5.41) is 6.38. The van der Waals surface area contributed by atoms with Crippen molar-refractivity contribution in [2.24, 2.45) is 0 Å². The van der Waals surface area contributed by atoms with Gasteiger partial charge in [-0.05, 0) is 25.5 Å². The van der Waals surface area contributed by atoms with Crippen LogP contribution in [-0.4, -0.2) is 35.2 Å². The van der Waals surface area contributed by atoms with Gasteiger partial charge >= 0.3 is 5.97 Å². The van der Waals surface area contributed by atoms with Crippen LogP contribution in [0, 0.1) is 6.92 Å². The van der Waals surface area contributed by atoms with E-state index in [0.717, 1.165) is 11.3 Å². The standard InChI is InChI=1S/C16H19N3O4S/c1-3-8-17-14(20)9-22-16(21)12-6-4-5-7-13(12)24-10-15-18-11(2)19-23-15/h4-7H,3,8-10H2,1-2H3,(H,17,20). The van der Waals surface area contributed by atoms with Gasteiger partial charge in [-0.15, -0.1) is 11.8 Å². The molecule has 1 N–H and O–H groups in total. The molecule has 7 nitrogen and oxygen atoms in total. The maximum Gasteiger partial charge on any atom is 0.339 e. The van der Waals surface area contributed by atoms with Crippen LogP contribution >= 0.6 is 11.8 Å². The van der Waals surface area contributed by atoms with Gasteiger partial charge in [-0.3, -0.25) is 4.79 Å². The lowest BCUT2D eigenvalue weighted by Gasteiger charge is -2.08. The first-order valence-corrected chi connectivity index (χ1v) is 8.53. The minimum atomic E-state index is -0.536. The van der Waals surface area contributed by atoms with Crippen molar-refractivity contribution in [3.63, 3.8) is 0 Å². The summed E-state index contributed by atoms with van der Waals surface area (Å²) >= 11 is 1.39. The Morgan fingerprint density at radius 2 is 2.12 bits per heavy atom. The second-order valence-electron chi connectivity index (χ2n) is 4.95. The molecule has 0 spiro atoms. The van der Waals surface area contributed by atoms with Crippen LogP contribution in [-0.2, 0) is 15.3 Å². The van der Waals surface area contributed by atoms with E-state index in [2.05, 4.69) is 15.5 Å². The number of benzene rings is 1. The van der Waals surface area contributed by atoms with E-state index < -0.39 is 5.97 Å². The smallest absolute Gasteiger partial charge is 0.339 e. The van der Waals surface area contributed by atoms with Gasteiger partial charge < -0.3 is 14.6 Å². The number of carbonyl (C=O) groups is 2. The molecule has 0 radical (unpaired) electrons. The normalized spacial score (nSPS) is 10.4. The molecule has 0 atom stereocenters. The first-order chi connectivity index (χ1) is 11.6. The van der Waals surface area contributed by atoms with Crippen LogP contribution in [0.2, 0.25) is 0 Å². The number of hydrogen-bond acceptors (Lipinski definition) is 7. The van der Waals surface area contributed by atoms with Crippen LogP contribution in [0.25, 0.3) is 0 Å². The Labute approximate surface area is 144 Å². The summed E-state index contributed by atoms with van der Waals surface area (Å²) in [6.45, 7) is 3.96. The Kier molecular flexibility index (Phi) is 6.80. The van der Waals surface area contributed by atoms with E-state index in [-0.39, 0.29) is 12.5 Å². The van der Waals surface area contributed by atoms with E-state index in [1.807, 2.05) is 19.1 Å². The topological polar surface area (TPSA) is 94.3 Å². The van der Waals surface area contributed by atoms with Crippen molar-refractivity contribution in [3.8, 4) is 0 Å². The van der Waals surface area contributed by atoms with E-state index in [4.69, 9.17) is 9.26 Å². The van der Waals surface area contributed by atoms with Crippen molar-refractivity contribution in [1.82, 2.24) is 15.5 Å². The molecule has 1 aromatic heterocycles. The minimum absolute atomic E-state index is 0.291. The molecule has 0 saturated heterocycles. The molecule has 2 rings (SSSR count). The van der Waals surface area contributed by atoms with Gasteiger partial charge in [0.1, 0.15) is 0 Å². The van der Waals surface area contributed by atoms with Crippen molar-refractivity contribution < 1.29 is 18.8 Å². The number of nitrogens with one attached hydrogen (secondary N) is 1. The Balaban J connectivity index is 1.94. The maximum absolute atomic E-state index is 12.2. The quantitative estimate of drug-likeness (QED) is 0.577. The monoisotopic (exact) mass is 349 g/mol. The maximum atomic E-state index is 12.2. The molecule has 8 heteroatoms. The molecular weight excluding hydrogens is 330 g/mol. The molecule has 1 heterocycles. The number of aromatic nitrogens is 2. The van der Waals surface area contributed by atoms with Gasteiger partial charge in [-0.25, -0.2) is 4.79 Å². The van der Waals surface area contributed by atoms with Crippen molar-refractivity contribution in [1.29, 1.82) is 0 Å². The van der Waals surface area contributed by atoms with Gasteiger partial charge in [0, 0.05) is 11.4 Å². The first kappa shape index (κ1) is 18.0. The molecule has 1 aromatic carbocycles. The number of rotatable bonds is 8. The second-order valence-corrected chi connectivity index (χ2v) is 5.96. The van der Waals surface area contributed by atoms with E-state index >= 15 is 0 Å². The number of carbonyl (C=O) groups excluding carboxylic acids is 2. The lowest BCUT2D eigenvalue weighted by molar-refractivity contribution is -0.124. The third-order valence-electron chi connectivity index (χ3n) is 2.93. The van der Waals surface area contributed by atoms with E-state index in [1.165, 1.54) is 11.8 Å². The highest BCUT2D eigenvalue weighted by molar-refractivity contribution is 7.98. The lowest BCUT2D eigenvalue weighted by Crippen LogP contribution is -2.29. The van der Waals surface area contributed by atoms with E-state index in [1.54, 1.807) is 19.1 Å². The molecule has 0 unspecified atom stereocenters.